The summed E-state index contributed by atoms with van der Waals surface area (Å²) in [5, 5.41) is 2.75. The molecule has 1 N–H and O–H groups in total. The predicted molar refractivity (Wildman–Crippen MR) is 98.4 cm³/mol. The molecule has 1 aromatic rings. The van der Waals surface area contributed by atoms with E-state index in [1.54, 1.807) is 20.8 Å². The number of ether oxygens (including phenoxy) is 1. The molecule has 150 valence electrons. The van der Waals surface area contributed by atoms with Crippen LogP contribution in [0, 0.1) is 11.6 Å². The highest BCUT2D eigenvalue weighted by Crippen LogP contribution is 2.42. The van der Waals surface area contributed by atoms with E-state index in [1.807, 2.05) is 0 Å². The molecule has 0 aliphatic heterocycles. The van der Waals surface area contributed by atoms with Gasteiger partial charge in [0, 0.05) is 24.6 Å². The highest BCUT2D eigenvalue weighted by atomic mass is 19.1. The molecule has 0 atom stereocenters. The molecular weight excluding hydrogens is 354 g/mol. The molecule has 27 heavy (non-hydrogen) atoms. The van der Waals surface area contributed by atoms with Crippen LogP contribution in [0.4, 0.5) is 13.6 Å². The van der Waals surface area contributed by atoms with Crippen LogP contribution < -0.4 is 5.32 Å². The van der Waals surface area contributed by atoms with Gasteiger partial charge in [-0.3, -0.25) is 4.79 Å². The zero-order valence-corrected chi connectivity index (χ0v) is 16.4. The quantitative estimate of drug-likeness (QED) is 0.844. The average molecular weight is 382 g/mol. The predicted octanol–water partition coefficient (Wildman–Crippen LogP) is 3.76. The van der Waals surface area contributed by atoms with Crippen molar-refractivity contribution < 1.29 is 23.1 Å². The van der Waals surface area contributed by atoms with Crippen molar-refractivity contribution in [1.82, 2.24) is 10.2 Å². The Morgan fingerprint density at radius 2 is 1.74 bits per heavy atom. The van der Waals surface area contributed by atoms with E-state index in [0.717, 1.165) is 12.8 Å². The van der Waals surface area contributed by atoms with Crippen LogP contribution in [-0.2, 0) is 14.9 Å². The number of hydrogen-bond acceptors (Lipinski definition) is 3. The number of carbonyl (C=O) groups excluding carboxylic acids is 2. The number of benzene rings is 1. The zero-order chi connectivity index (χ0) is 20.2. The first-order valence-electron chi connectivity index (χ1n) is 9.19. The normalized spacial score (nSPS) is 16.1. The summed E-state index contributed by atoms with van der Waals surface area (Å²) in [6, 6.07) is 3.83. The second kappa shape index (κ2) is 8.23. The van der Waals surface area contributed by atoms with Gasteiger partial charge in [0.1, 0.15) is 23.8 Å². The van der Waals surface area contributed by atoms with Gasteiger partial charge in [-0.05, 0) is 45.7 Å². The largest absolute Gasteiger partial charge is 0.444 e. The minimum Gasteiger partial charge on any atom is -0.444 e. The second-order valence-corrected chi connectivity index (χ2v) is 8.20. The third kappa shape index (κ3) is 5.40. The van der Waals surface area contributed by atoms with Crippen LogP contribution in [0.1, 0.15) is 52.0 Å². The fraction of sp³-hybridized carbons (Fsp3) is 0.600. The molecule has 0 bridgehead atoms. The van der Waals surface area contributed by atoms with E-state index >= 15 is 0 Å². The number of nitrogens with zero attached hydrogens (tertiary/aromatic N) is 1. The Labute approximate surface area is 159 Å². The Kier molecular flexibility index (Phi) is 6.44. The SMILES string of the molecule is CN(CC(=O)NCC1(c2c(F)cccc2F)CCCC1)C(=O)OC(C)(C)C. The molecule has 0 spiro atoms. The molecule has 1 aliphatic carbocycles. The highest BCUT2D eigenvalue weighted by molar-refractivity contribution is 5.82. The summed E-state index contributed by atoms with van der Waals surface area (Å²) in [4.78, 5) is 25.4. The minimum atomic E-state index is -0.754. The van der Waals surface area contributed by atoms with Crippen LogP contribution in [-0.4, -0.2) is 42.6 Å². The number of carbonyl (C=O) groups is 2. The van der Waals surface area contributed by atoms with Crippen molar-refractivity contribution in [1.29, 1.82) is 0 Å². The van der Waals surface area contributed by atoms with Crippen molar-refractivity contribution >= 4 is 12.0 Å². The van der Waals surface area contributed by atoms with Crippen LogP contribution in [0.25, 0.3) is 0 Å². The van der Waals surface area contributed by atoms with Crippen LogP contribution >= 0.6 is 0 Å². The van der Waals surface area contributed by atoms with Gasteiger partial charge in [0.25, 0.3) is 0 Å². The second-order valence-electron chi connectivity index (χ2n) is 8.20. The number of nitrogens with one attached hydrogen (secondary N) is 1. The van der Waals surface area contributed by atoms with Crippen molar-refractivity contribution in [3.05, 3.63) is 35.4 Å². The van der Waals surface area contributed by atoms with Crippen molar-refractivity contribution in [2.45, 2.75) is 57.5 Å². The van der Waals surface area contributed by atoms with Crippen molar-refractivity contribution in [3.63, 3.8) is 0 Å². The van der Waals surface area contributed by atoms with Gasteiger partial charge in [-0.2, -0.15) is 0 Å². The van der Waals surface area contributed by atoms with Gasteiger partial charge in [-0.1, -0.05) is 18.9 Å². The molecule has 1 fully saturated rings. The molecule has 2 rings (SSSR count). The summed E-state index contributed by atoms with van der Waals surface area (Å²) >= 11 is 0. The summed E-state index contributed by atoms with van der Waals surface area (Å²) in [7, 11) is 1.47. The van der Waals surface area contributed by atoms with Crippen molar-refractivity contribution in [3.8, 4) is 0 Å². The Hall–Kier alpha value is -2.18. The molecule has 0 aromatic heterocycles. The van der Waals surface area contributed by atoms with Gasteiger partial charge in [0.05, 0.1) is 0 Å². The molecule has 0 radical (unpaired) electrons. The van der Waals surface area contributed by atoms with Gasteiger partial charge in [-0.25, -0.2) is 13.6 Å². The van der Waals surface area contributed by atoms with Crippen molar-refractivity contribution in [2.24, 2.45) is 0 Å². The molecule has 5 nitrogen and oxygen atoms in total. The van der Waals surface area contributed by atoms with E-state index in [2.05, 4.69) is 5.32 Å². The maximum atomic E-state index is 14.3. The smallest absolute Gasteiger partial charge is 0.410 e. The first kappa shape index (κ1) is 21.1. The zero-order valence-electron chi connectivity index (χ0n) is 16.4. The van der Waals surface area contributed by atoms with E-state index in [1.165, 1.54) is 30.1 Å². The summed E-state index contributed by atoms with van der Waals surface area (Å²) in [6.45, 7) is 5.17. The third-order valence-electron chi connectivity index (χ3n) is 4.76. The van der Waals surface area contributed by atoms with E-state index < -0.39 is 34.7 Å². The van der Waals surface area contributed by atoms with Gasteiger partial charge in [-0.15, -0.1) is 0 Å². The van der Waals surface area contributed by atoms with Gasteiger partial charge in [0.15, 0.2) is 0 Å². The maximum Gasteiger partial charge on any atom is 0.410 e. The van der Waals surface area contributed by atoms with Gasteiger partial charge in [0.2, 0.25) is 5.91 Å². The van der Waals surface area contributed by atoms with E-state index in [0.29, 0.717) is 12.8 Å². The fourth-order valence-corrected chi connectivity index (χ4v) is 3.51. The molecular formula is C20H28F2N2O3. The minimum absolute atomic E-state index is 0.0447. The standard InChI is InChI=1S/C20H28F2N2O3/c1-19(2,3)27-18(26)24(4)12-16(25)23-13-20(10-5-6-11-20)17-14(21)8-7-9-15(17)22/h7-9H,5-6,10-13H2,1-4H3,(H,23,25). The third-order valence-corrected chi connectivity index (χ3v) is 4.76. The van der Waals surface area contributed by atoms with Crippen LogP contribution in [0.2, 0.25) is 0 Å². The van der Waals surface area contributed by atoms with E-state index in [4.69, 9.17) is 4.74 Å². The first-order chi connectivity index (χ1) is 12.5. The Morgan fingerprint density at radius 1 is 1.19 bits per heavy atom. The van der Waals surface area contributed by atoms with Crippen LogP contribution in [0.5, 0.6) is 0 Å². The highest BCUT2D eigenvalue weighted by Gasteiger charge is 2.40. The Morgan fingerprint density at radius 3 is 2.26 bits per heavy atom. The van der Waals surface area contributed by atoms with Crippen LogP contribution in [0.15, 0.2) is 18.2 Å². The Balaban J connectivity index is 2.02. The molecule has 0 unspecified atom stereocenters. The number of amides is 2. The molecule has 0 saturated heterocycles. The number of rotatable bonds is 5. The summed E-state index contributed by atoms with van der Waals surface area (Å²) in [5.41, 5.74) is -1.36. The maximum absolute atomic E-state index is 14.3. The number of likely N-dealkylation sites (N-methyl/N-ethyl adjacent to an activating group) is 1. The lowest BCUT2D eigenvalue weighted by atomic mass is 9.78. The lowest BCUT2D eigenvalue weighted by Crippen LogP contribution is -2.45. The first-order valence-corrected chi connectivity index (χ1v) is 9.19. The summed E-state index contributed by atoms with van der Waals surface area (Å²) in [6.07, 6.45) is 2.30. The molecule has 0 heterocycles. The number of hydrogen-bond donors (Lipinski definition) is 1. The van der Waals surface area contributed by atoms with Gasteiger partial charge < -0.3 is 15.0 Å². The van der Waals surface area contributed by atoms with Crippen LogP contribution in [0.3, 0.4) is 0 Å². The van der Waals surface area contributed by atoms with E-state index in [9.17, 15) is 18.4 Å². The Bertz CT molecular complexity index is 675. The lowest BCUT2D eigenvalue weighted by molar-refractivity contribution is -0.122. The van der Waals surface area contributed by atoms with E-state index in [-0.39, 0.29) is 18.7 Å². The molecule has 1 aromatic carbocycles. The lowest BCUT2D eigenvalue weighted by Gasteiger charge is -2.31. The summed E-state index contributed by atoms with van der Waals surface area (Å²) < 4.78 is 33.9. The topological polar surface area (TPSA) is 58.6 Å². The van der Waals surface area contributed by atoms with Crippen molar-refractivity contribution in [2.75, 3.05) is 20.1 Å². The molecule has 2 amide bonds. The molecule has 1 aliphatic rings. The van der Waals surface area contributed by atoms with Gasteiger partial charge >= 0.3 is 6.09 Å². The number of halogens is 2. The average Bonchev–Trinajstić information content (AvgIpc) is 3.01. The molecule has 7 heteroatoms. The monoisotopic (exact) mass is 382 g/mol. The fourth-order valence-electron chi connectivity index (χ4n) is 3.51. The summed E-state index contributed by atoms with van der Waals surface area (Å²) in [5.74, 6) is -1.57. The molecule has 1 saturated carbocycles.